The molecule has 3 unspecified atom stereocenters. The zero-order valence-electron chi connectivity index (χ0n) is 17.2. The minimum atomic E-state index is -0.295. The molecule has 1 aliphatic carbocycles. The average molecular weight is 403 g/mol. The zero-order chi connectivity index (χ0) is 20.7. The predicted molar refractivity (Wildman–Crippen MR) is 116 cm³/mol. The number of aliphatic imine (C=N–C) groups is 1. The Labute approximate surface area is 175 Å². The molecule has 5 rings (SSSR count). The number of nitrogens with zero attached hydrogens (tertiary/aromatic N) is 3. The van der Waals surface area contributed by atoms with E-state index in [0.717, 1.165) is 52.0 Å². The van der Waals surface area contributed by atoms with Gasteiger partial charge in [0.15, 0.2) is 11.5 Å². The molecular weight excluding hydrogens is 378 g/mol. The summed E-state index contributed by atoms with van der Waals surface area (Å²) < 4.78 is 11.5. The van der Waals surface area contributed by atoms with Gasteiger partial charge in [0.05, 0.1) is 42.6 Å². The summed E-state index contributed by atoms with van der Waals surface area (Å²) in [6, 6.07) is 10.3. The molecule has 1 saturated carbocycles. The maximum atomic E-state index is 10.3. The topological polar surface area (TPSA) is 76.8 Å². The number of fused-ring (bicyclic) bond motifs is 4. The first-order chi connectivity index (χ1) is 14.7. The monoisotopic (exact) mass is 403 g/mol. The molecule has 3 aromatic rings. The molecule has 6 nitrogen and oxygen atoms in total. The van der Waals surface area contributed by atoms with Crippen LogP contribution in [0.3, 0.4) is 0 Å². The minimum absolute atomic E-state index is 0.130. The van der Waals surface area contributed by atoms with E-state index in [0.29, 0.717) is 18.8 Å². The number of benzene rings is 2. The SMILES string of the molecule is CCOc1cc2c(cc1OC)C(c1cccc3nccnc13)=NC1CCC(O)CC21. The number of hydrogen-bond donors (Lipinski definition) is 1. The summed E-state index contributed by atoms with van der Waals surface area (Å²) in [6.07, 6.45) is 5.48. The number of ether oxygens (including phenoxy) is 2. The highest BCUT2D eigenvalue weighted by molar-refractivity contribution is 6.19. The van der Waals surface area contributed by atoms with E-state index in [4.69, 9.17) is 14.5 Å². The van der Waals surface area contributed by atoms with Gasteiger partial charge >= 0.3 is 0 Å². The third-order valence-electron chi connectivity index (χ3n) is 6.13. The summed E-state index contributed by atoms with van der Waals surface area (Å²) in [5.41, 5.74) is 5.75. The number of para-hydroxylation sites is 1. The molecular formula is C24H25N3O3. The van der Waals surface area contributed by atoms with E-state index in [1.165, 1.54) is 0 Å². The van der Waals surface area contributed by atoms with Gasteiger partial charge < -0.3 is 14.6 Å². The Kier molecular flexibility index (Phi) is 4.87. The predicted octanol–water partition coefficient (Wildman–Crippen LogP) is 3.89. The maximum Gasteiger partial charge on any atom is 0.161 e. The van der Waals surface area contributed by atoms with E-state index < -0.39 is 0 Å². The summed E-state index contributed by atoms with van der Waals surface area (Å²) in [5, 5.41) is 10.3. The van der Waals surface area contributed by atoms with Gasteiger partial charge in [0.1, 0.15) is 0 Å². The van der Waals surface area contributed by atoms with Gasteiger partial charge in [-0.05, 0) is 49.9 Å². The summed E-state index contributed by atoms with van der Waals surface area (Å²) in [5.74, 6) is 1.58. The van der Waals surface area contributed by atoms with Crippen molar-refractivity contribution >= 4 is 16.7 Å². The van der Waals surface area contributed by atoms with E-state index in [2.05, 4.69) is 22.1 Å². The molecule has 154 valence electrons. The average Bonchev–Trinajstić information content (AvgIpc) is 2.78. The molecule has 0 spiro atoms. The third-order valence-corrected chi connectivity index (χ3v) is 6.13. The van der Waals surface area contributed by atoms with Crippen LogP contribution in [0.1, 0.15) is 48.8 Å². The lowest BCUT2D eigenvalue weighted by atomic mass is 9.74. The van der Waals surface area contributed by atoms with E-state index >= 15 is 0 Å². The van der Waals surface area contributed by atoms with Crippen molar-refractivity contribution in [1.29, 1.82) is 0 Å². The number of hydrogen-bond acceptors (Lipinski definition) is 6. The van der Waals surface area contributed by atoms with Gasteiger partial charge in [-0.15, -0.1) is 0 Å². The highest BCUT2D eigenvalue weighted by Crippen LogP contribution is 2.45. The van der Waals surface area contributed by atoms with Crippen LogP contribution in [0.5, 0.6) is 11.5 Å². The lowest BCUT2D eigenvalue weighted by Gasteiger charge is -2.37. The van der Waals surface area contributed by atoms with Crippen molar-refractivity contribution in [3.63, 3.8) is 0 Å². The van der Waals surface area contributed by atoms with Crippen molar-refractivity contribution in [2.75, 3.05) is 13.7 Å². The van der Waals surface area contributed by atoms with Crippen LogP contribution < -0.4 is 9.47 Å². The molecule has 3 atom stereocenters. The number of aliphatic hydroxyl groups is 1. The molecule has 30 heavy (non-hydrogen) atoms. The van der Waals surface area contributed by atoms with Gasteiger partial charge in [-0.3, -0.25) is 15.0 Å². The second kappa shape index (κ2) is 7.69. The van der Waals surface area contributed by atoms with Gasteiger partial charge in [0.25, 0.3) is 0 Å². The van der Waals surface area contributed by atoms with E-state index in [1.54, 1.807) is 19.5 Å². The van der Waals surface area contributed by atoms with Crippen LogP contribution in [-0.2, 0) is 0 Å². The van der Waals surface area contributed by atoms with Crippen molar-refractivity contribution in [2.24, 2.45) is 4.99 Å². The quantitative estimate of drug-likeness (QED) is 0.715. The second-order valence-electron chi connectivity index (χ2n) is 7.87. The zero-order valence-corrected chi connectivity index (χ0v) is 17.2. The Balaban J connectivity index is 1.74. The minimum Gasteiger partial charge on any atom is -0.493 e. The number of aromatic nitrogens is 2. The Bertz CT molecular complexity index is 1120. The van der Waals surface area contributed by atoms with E-state index in [1.807, 2.05) is 25.1 Å². The van der Waals surface area contributed by atoms with Gasteiger partial charge in [0.2, 0.25) is 0 Å². The van der Waals surface area contributed by atoms with Crippen molar-refractivity contribution in [3.8, 4) is 11.5 Å². The van der Waals surface area contributed by atoms with Crippen LogP contribution in [0.25, 0.3) is 11.0 Å². The maximum absolute atomic E-state index is 10.3. The standard InChI is InChI=1S/C24H25N3O3/c1-3-30-22-12-16-17-11-14(28)7-8-19(17)27-23(18(16)13-21(22)29-2)15-5-4-6-20-24(15)26-10-9-25-20/h4-6,9-10,12-14,17,19,28H,3,7-8,11H2,1-2H3. The van der Waals surface area contributed by atoms with Gasteiger partial charge in [-0.25, -0.2) is 0 Å². The molecule has 2 aromatic carbocycles. The summed E-state index contributed by atoms with van der Waals surface area (Å²) >= 11 is 0. The van der Waals surface area contributed by atoms with Gasteiger partial charge in [-0.2, -0.15) is 0 Å². The van der Waals surface area contributed by atoms with Crippen LogP contribution in [0.4, 0.5) is 0 Å². The molecule has 2 aliphatic rings. The van der Waals surface area contributed by atoms with E-state index in [-0.39, 0.29) is 18.1 Å². The van der Waals surface area contributed by atoms with Crippen molar-refractivity contribution < 1.29 is 14.6 Å². The first-order valence-corrected chi connectivity index (χ1v) is 10.5. The molecule has 0 amide bonds. The molecule has 2 heterocycles. The summed E-state index contributed by atoms with van der Waals surface area (Å²) in [6.45, 7) is 2.53. The van der Waals surface area contributed by atoms with Crippen LogP contribution in [-0.4, -0.2) is 46.6 Å². The van der Waals surface area contributed by atoms with Crippen molar-refractivity contribution in [1.82, 2.24) is 9.97 Å². The number of rotatable bonds is 4. The largest absolute Gasteiger partial charge is 0.493 e. The number of aliphatic hydroxyl groups excluding tert-OH is 1. The first kappa shape index (κ1) is 19.0. The van der Waals surface area contributed by atoms with Crippen LogP contribution >= 0.6 is 0 Å². The van der Waals surface area contributed by atoms with Crippen LogP contribution in [0, 0.1) is 0 Å². The summed E-state index contributed by atoms with van der Waals surface area (Å²) in [4.78, 5) is 14.2. The molecule has 0 saturated heterocycles. The van der Waals surface area contributed by atoms with Crippen molar-refractivity contribution in [3.05, 3.63) is 59.4 Å². The smallest absolute Gasteiger partial charge is 0.161 e. The Morgan fingerprint density at radius 1 is 1.07 bits per heavy atom. The van der Waals surface area contributed by atoms with Gasteiger partial charge in [-0.1, -0.05) is 12.1 Å². The molecule has 1 fully saturated rings. The molecule has 6 heteroatoms. The fourth-order valence-electron chi connectivity index (χ4n) is 4.77. The molecule has 0 radical (unpaired) electrons. The third kappa shape index (κ3) is 3.12. The highest BCUT2D eigenvalue weighted by Gasteiger charge is 2.37. The highest BCUT2D eigenvalue weighted by atomic mass is 16.5. The first-order valence-electron chi connectivity index (χ1n) is 10.5. The Hall–Kier alpha value is -2.99. The van der Waals surface area contributed by atoms with Gasteiger partial charge in [0, 0.05) is 29.4 Å². The normalized spacial score (nSPS) is 22.8. The Morgan fingerprint density at radius 3 is 2.77 bits per heavy atom. The Morgan fingerprint density at radius 2 is 1.93 bits per heavy atom. The number of methoxy groups -OCH3 is 1. The molecule has 0 bridgehead atoms. The lowest BCUT2D eigenvalue weighted by molar-refractivity contribution is 0.111. The molecule has 1 N–H and O–H groups in total. The fraction of sp³-hybridized carbons (Fsp3) is 0.375. The fourth-order valence-corrected chi connectivity index (χ4v) is 4.77. The van der Waals surface area contributed by atoms with Crippen LogP contribution in [0.15, 0.2) is 47.7 Å². The van der Waals surface area contributed by atoms with Crippen molar-refractivity contribution in [2.45, 2.75) is 44.2 Å². The second-order valence-corrected chi connectivity index (χ2v) is 7.87. The van der Waals surface area contributed by atoms with E-state index in [9.17, 15) is 5.11 Å². The van der Waals surface area contributed by atoms with Crippen LogP contribution in [0.2, 0.25) is 0 Å². The summed E-state index contributed by atoms with van der Waals surface area (Å²) in [7, 11) is 1.65. The lowest BCUT2D eigenvalue weighted by Crippen LogP contribution is -2.34. The molecule has 1 aliphatic heterocycles. The molecule has 1 aromatic heterocycles.